The highest BCUT2D eigenvalue weighted by Crippen LogP contribution is 2.26. The van der Waals surface area contributed by atoms with Gasteiger partial charge in [-0.3, -0.25) is 9.59 Å². The van der Waals surface area contributed by atoms with Crippen LogP contribution < -0.4 is 0 Å². The summed E-state index contributed by atoms with van der Waals surface area (Å²) in [5, 5.41) is 13.5. The number of aromatic nitrogens is 2. The maximum Gasteiger partial charge on any atom is 0.308 e. The van der Waals surface area contributed by atoms with Crippen LogP contribution in [0.3, 0.4) is 0 Å². The predicted molar refractivity (Wildman–Crippen MR) is 84.4 cm³/mol. The van der Waals surface area contributed by atoms with Gasteiger partial charge in [0.05, 0.1) is 22.6 Å². The summed E-state index contributed by atoms with van der Waals surface area (Å²) in [6.45, 7) is 7.39. The highest BCUT2D eigenvalue weighted by molar-refractivity contribution is 6.06. The van der Waals surface area contributed by atoms with Gasteiger partial charge in [-0.1, -0.05) is 25.9 Å². The summed E-state index contributed by atoms with van der Waals surface area (Å²) < 4.78 is 5.20. The van der Waals surface area contributed by atoms with Gasteiger partial charge in [-0.25, -0.2) is 4.98 Å². The first-order chi connectivity index (χ1) is 10.7. The van der Waals surface area contributed by atoms with Crippen molar-refractivity contribution in [2.24, 2.45) is 5.92 Å². The average molecular weight is 319 g/mol. The summed E-state index contributed by atoms with van der Waals surface area (Å²) in [5.41, 5.74) is 2.09. The zero-order valence-electron chi connectivity index (χ0n) is 14.0. The molecule has 23 heavy (non-hydrogen) atoms. The molecule has 0 aliphatic rings. The zero-order chi connectivity index (χ0) is 17.3. The van der Waals surface area contributed by atoms with Gasteiger partial charge in [-0.15, -0.1) is 0 Å². The molecule has 0 aromatic carbocycles. The third kappa shape index (κ3) is 3.33. The van der Waals surface area contributed by atoms with Crippen LogP contribution in [0.2, 0.25) is 0 Å². The number of nitrogens with zero attached hydrogens (tertiary/aromatic N) is 3. The second-order valence-electron chi connectivity index (χ2n) is 6.12. The van der Waals surface area contributed by atoms with Gasteiger partial charge in [-0.2, -0.15) is 0 Å². The minimum absolute atomic E-state index is 0.124. The van der Waals surface area contributed by atoms with Crippen LogP contribution in [0.4, 0.5) is 0 Å². The maximum atomic E-state index is 12.8. The van der Waals surface area contributed by atoms with Gasteiger partial charge >= 0.3 is 5.97 Å². The fourth-order valence-electron chi connectivity index (χ4n) is 2.36. The molecular weight excluding hydrogens is 298 g/mol. The Morgan fingerprint density at radius 1 is 1.35 bits per heavy atom. The maximum absolute atomic E-state index is 12.8. The average Bonchev–Trinajstić information content (AvgIpc) is 2.86. The molecule has 1 amide bonds. The van der Waals surface area contributed by atoms with Gasteiger partial charge in [-0.05, 0) is 18.9 Å². The van der Waals surface area contributed by atoms with Gasteiger partial charge in [0.15, 0.2) is 0 Å². The van der Waals surface area contributed by atoms with Crippen molar-refractivity contribution >= 4 is 23.0 Å². The van der Waals surface area contributed by atoms with Crippen LogP contribution in [-0.2, 0) is 4.79 Å². The summed E-state index contributed by atoms with van der Waals surface area (Å²) in [6, 6.07) is 1.74. The highest BCUT2D eigenvalue weighted by atomic mass is 16.5. The molecule has 0 spiro atoms. The van der Waals surface area contributed by atoms with Gasteiger partial charge in [0.1, 0.15) is 0 Å². The standard InChI is InChI=1S/C16H21N3O4/c1-8(2)12-6-11(13-10(4)18-23-14(13)17-12)15(20)19(5)7-9(3)16(21)22/h6,8-9H,7H2,1-5H3,(H,21,22). The summed E-state index contributed by atoms with van der Waals surface area (Å²) in [5.74, 6) is -1.72. The van der Waals surface area contributed by atoms with E-state index in [1.54, 1.807) is 27.0 Å². The number of aliphatic carboxylic acids is 1. The van der Waals surface area contributed by atoms with E-state index in [9.17, 15) is 9.59 Å². The molecule has 1 N–H and O–H groups in total. The third-order valence-electron chi connectivity index (χ3n) is 3.77. The lowest BCUT2D eigenvalue weighted by atomic mass is 10.0. The van der Waals surface area contributed by atoms with Crippen molar-refractivity contribution < 1.29 is 19.2 Å². The van der Waals surface area contributed by atoms with E-state index >= 15 is 0 Å². The molecule has 0 aliphatic carbocycles. The molecule has 0 radical (unpaired) electrons. The van der Waals surface area contributed by atoms with Crippen molar-refractivity contribution in [2.45, 2.75) is 33.6 Å². The van der Waals surface area contributed by atoms with Crippen molar-refractivity contribution in [3.63, 3.8) is 0 Å². The van der Waals surface area contributed by atoms with Gasteiger partial charge in [0.2, 0.25) is 0 Å². The number of rotatable bonds is 5. The monoisotopic (exact) mass is 319 g/mol. The van der Waals surface area contributed by atoms with E-state index in [1.807, 2.05) is 13.8 Å². The van der Waals surface area contributed by atoms with Crippen LogP contribution in [0.15, 0.2) is 10.6 Å². The Morgan fingerprint density at radius 3 is 2.57 bits per heavy atom. The summed E-state index contributed by atoms with van der Waals surface area (Å²) in [4.78, 5) is 29.6. The molecule has 7 heteroatoms. The Hall–Kier alpha value is -2.44. The van der Waals surface area contributed by atoms with Crippen molar-refractivity contribution in [1.82, 2.24) is 15.0 Å². The smallest absolute Gasteiger partial charge is 0.308 e. The Labute approximate surface area is 134 Å². The Bertz CT molecular complexity index is 751. The largest absolute Gasteiger partial charge is 0.481 e. The molecular formula is C16H21N3O4. The van der Waals surface area contributed by atoms with Crippen molar-refractivity contribution in [3.8, 4) is 0 Å². The van der Waals surface area contributed by atoms with Crippen molar-refractivity contribution in [2.75, 3.05) is 13.6 Å². The normalized spacial score (nSPS) is 12.6. The fraction of sp³-hybridized carbons (Fsp3) is 0.500. The van der Waals surface area contributed by atoms with E-state index < -0.39 is 11.9 Å². The number of carbonyl (C=O) groups is 2. The number of hydrogen-bond donors (Lipinski definition) is 1. The van der Waals surface area contributed by atoms with E-state index in [-0.39, 0.29) is 18.4 Å². The van der Waals surface area contributed by atoms with Gasteiger partial charge < -0.3 is 14.5 Å². The zero-order valence-corrected chi connectivity index (χ0v) is 14.0. The number of fused-ring (bicyclic) bond motifs is 1. The molecule has 1 unspecified atom stereocenters. The molecule has 0 fully saturated rings. The molecule has 2 rings (SSSR count). The van der Waals surface area contributed by atoms with E-state index in [0.29, 0.717) is 22.4 Å². The van der Waals surface area contributed by atoms with Gasteiger partial charge in [0.25, 0.3) is 11.6 Å². The molecule has 0 aliphatic heterocycles. The number of carboxylic acids is 1. The number of carbonyl (C=O) groups excluding carboxylic acids is 1. The lowest BCUT2D eigenvalue weighted by Crippen LogP contribution is -2.34. The molecule has 124 valence electrons. The number of aryl methyl sites for hydroxylation is 1. The highest BCUT2D eigenvalue weighted by Gasteiger charge is 2.24. The Kier molecular flexibility index (Phi) is 4.68. The van der Waals surface area contributed by atoms with Crippen LogP contribution in [0.1, 0.15) is 48.4 Å². The summed E-state index contributed by atoms with van der Waals surface area (Å²) >= 11 is 0. The molecule has 0 saturated carbocycles. The molecule has 2 heterocycles. The molecule has 2 aromatic rings. The fourth-order valence-corrected chi connectivity index (χ4v) is 2.36. The quantitative estimate of drug-likeness (QED) is 0.909. The third-order valence-corrected chi connectivity index (χ3v) is 3.77. The lowest BCUT2D eigenvalue weighted by Gasteiger charge is -2.20. The van der Waals surface area contributed by atoms with Crippen LogP contribution >= 0.6 is 0 Å². The van der Waals surface area contributed by atoms with Crippen LogP contribution in [0.5, 0.6) is 0 Å². The van der Waals surface area contributed by atoms with Crippen LogP contribution in [-0.4, -0.2) is 45.6 Å². The molecule has 2 aromatic heterocycles. The van der Waals surface area contributed by atoms with Crippen molar-refractivity contribution in [3.05, 3.63) is 23.0 Å². The lowest BCUT2D eigenvalue weighted by molar-refractivity contribution is -0.141. The minimum atomic E-state index is -0.937. The number of pyridine rings is 1. The minimum Gasteiger partial charge on any atom is -0.481 e. The predicted octanol–water partition coefficient (Wildman–Crippen LogP) is 2.45. The van der Waals surface area contributed by atoms with E-state index in [4.69, 9.17) is 9.63 Å². The second kappa shape index (κ2) is 6.36. The van der Waals surface area contributed by atoms with E-state index in [2.05, 4.69) is 10.1 Å². The topological polar surface area (TPSA) is 96.5 Å². The first-order valence-electron chi connectivity index (χ1n) is 7.47. The van der Waals surface area contributed by atoms with Crippen LogP contribution in [0, 0.1) is 12.8 Å². The summed E-state index contributed by atoms with van der Waals surface area (Å²) in [6.07, 6.45) is 0. The first kappa shape index (κ1) is 16.9. The second-order valence-corrected chi connectivity index (χ2v) is 6.12. The van der Waals surface area contributed by atoms with Gasteiger partial charge in [0, 0.05) is 19.3 Å². The molecule has 7 nitrogen and oxygen atoms in total. The van der Waals surface area contributed by atoms with Crippen LogP contribution in [0.25, 0.3) is 11.1 Å². The Morgan fingerprint density at radius 2 is 2.00 bits per heavy atom. The first-order valence-corrected chi connectivity index (χ1v) is 7.47. The number of hydrogen-bond acceptors (Lipinski definition) is 5. The van der Waals surface area contributed by atoms with Crippen molar-refractivity contribution in [1.29, 1.82) is 0 Å². The molecule has 0 bridgehead atoms. The SMILES string of the molecule is Cc1noc2nc(C(C)C)cc(C(=O)N(C)CC(C)C(=O)O)c12. The summed E-state index contributed by atoms with van der Waals surface area (Å²) in [7, 11) is 1.59. The Balaban J connectivity index is 2.46. The number of carboxylic acid groups (broad SMARTS) is 1. The van der Waals surface area contributed by atoms with E-state index in [1.165, 1.54) is 4.90 Å². The van der Waals surface area contributed by atoms with E-state index in [0.717, 1.165) is 5.69 Å². The molecule has 0 saturated heterocycles. The number of amides is 1. The molecule has 1 atom stereocenters.